The molecule has 0 bridgehead atoms. The molecule has 2 heterocycles. The second-order valence-electron chi connectivity index (χ2n) is 15.7. The molecule has 2 aromatic carbocycles. The van der Waals surface area contributed by atoms with E-state index < -0.39 is 11.9 Å². The fourth-order valence-corrected chi connectivity index (χ4v) is 21.7. The van der Waals surface area contributed by atoms with Crippen LogP contribution in [-0.4, -0.2) is 30.7 Å². The van der Waals surface area contributed by atoms with Crippen molar-refractivity contribution in [2.45, 2.75) is 155 Å². The molecule has 0 aliphatic heterocycles. The summed E-state index contributed by atoms with van der Waals surface area (Å²) in [6.45, 7) is 12.9. The molecule has 0 unspecified atom stereocenters. The minimum atomic E-state index is -3.45. The molecule has 2 nitrogen and oxygen atoms in total. The summed E-state index contributed by atoms with van der Waals surface area (Å²) in [7, 11) is 15.0. The van der Waals surface area contributed by atoms with Gasteiger partial charge in [0.05, 0.1) is 0 Å². The van der Waals surface area contributed by atoms with Gasteiger partial charge in [0, 0.05) is 0 Å². The quantitative estimate of drug-likeness (QED) is 0.135. The minimum absolute atomic E-state index is 0.385. The number of aromatic nitrogens is 2. The molecule has 0 spiro atoms. The van der Waals surface area contributed by atoms with Crippen LogP contribution in [0.4, 0.5) is 0 Å². The van der Waals surface area contributed by atoms with Crippen LogP contribution in [0.1, 0.15) is 135 Å². The summed E-state index contributed by atoms with van der Waals surface area (Å²) in [5.41, 5.74) is 13.2. The number of nitrogens with zero attached hydrogens (tertiary/aromatic N) is 2. The van der Waals surface area contributed by atoms with Crippen molar-refractivity contribution in [3.8, 4) is 11.4 Å². The number of hydrogen-bond acceptors (Lipinski definition) is 1. The third kappa shape index (κ3) is 9.57. The first-order chi connectivity index (χ1) is 24.5. The predicted molar refractivity (Wildman–Crippen MR) is 225 cm³/mol. The molecule has 0 amide bonds. The zero-order chi connectivity index (χ0) is 36.1. The van der Waals surface area contributed by atoms with Crippen LogP contribution in [-0.2, 0) is 11.9 Å². The van der Waals surface area contributed by atoms with Gasteiger partial charge in [0.25, 0.3) is 0 Å². The monoisotopic (exact) mass is 852 g/mol. The van der Waals surface area contributed by atoms with E-state index in [9.17, 15) is 0 Å². The van der Waals surface area contributed by atoms with Crippen molar-refractivity contribution in [2.24, 2.45) is 0 Å². The maximum absolute atomic E-state index is 7.32. The number of halogens is 2. The molecule has 0 radical (unpaired) electrons. The molecule has 4 aromatic rings. The van der Waals surface area contributed by atoms with Crippen molar-refractivity contribution in [1.82, 2.24) is 9.13 Å². The topological polar surface area (TPSA) is 9.86 Å². The fourth-order valence-electron chi connectivity index (χ4n) is 9.58. The van der Waals surface area contributed by atoms with Gasteiger partial charge in [-0.05, 0) is 55.5 Å². The van der Waals surface area contributed by atoms with Gasteiger partial charge in [-0.15, -0.1) is 0 Å². The number of thiophene rings is 1. The Morgan fingerprint density at radius 3 is 1.31 bits per heavy atom. The van der Waals surface area contributed by atoms with E-state index in [2.05, 4.69) is 103 Å². The van der Waals surface area contributed by atoms with E-state index in [-0.39, 0.29) is 0 Å². The molecule has 0 atom stereocenters. The van der Waals surface area contributed by atoms with Crippen molar-refractivity contribution >= 4 is 43.2 Å². The van der Waals surface area contributed by atoms with Crippen LogP contribution in [0.2, 0.25) is 0 Å². The first-order valence-electron chi connectivity index (χ1n) is 19.6. The molecule has 7 heteroatoms. The van der Waals surface area contributed by atoms with E-state index in [0.29, 0.717) is 7.92 Å². The molecule has 280 valence electrons. The van der Waals surface area contributed by atoms with Gasteiger partial charge in [-0.25, -0.2) is 0 Å². The third-order valence-electron chi connectivity index (χ3n) is 11.5. The number of hydrogen-bond donors (Lipinski definition) is 0. The molecule has 3 aliphatic carbocycles. The molecule has 3 fully saturated rings. The van der Waals surface area contributed by atoms with Crippen LogP contribution >= 0.6 is 38.6 Å². The Morgan fingerprint density at radius 1 is 0.608 bits per heavy atom. The molecule has 0 N–H and O–H groups in total. The van der Waals surface area contributed by atoms with Crippen molar-refractivity contribution in [3.63, 3.8) is 0 Å². The van der Waals surface area contributed by atoms with E-state index in [4.69, 9.17) is 19.4 Å². The second kappa shape index (κ2) is 18.0. The number of benzene rings is 2. The van der Waals surface area contributed by atoms with Crippen molar-refractivity contribution < 1.29 is 11.9 Å². The Balaban J connectivity index is 0.000000200. The zero-order valence-electron chi connectivity index (χ0n) is 32.0. The first kappa shape index (κ1) is 39.5. The Labute approximate surface area is 324 Å². The Bertz CT molecular complexity index is 1750. The van der Waals surface area contributed by atoms with Crippen LogP contribution in [0.25, 0.3) is 11.4 Å². The Kier molecular flexibility index (Phi) is 14.0. The van der Waals surface area contributed by atoms with Crippen LogP contribution in [0, 0.1) is 45.6 Å². The molecule has 3 aliphatic rings. The number of rotatable bonds is 6. The third-order valence-corrected chi connectivity index (χ3v) is 22.1. The van der Waals surface area contributed by atoms with Gasteiger partial charge in [-0.2, -0.15) is 0 Å². The summed E-state index contributed by atoms with van der Waals surface area (Å²) in [5.74, 6) is 0. The average molecular weight is 853 g/mol. The SMILES string of the molecule is C1CCC(P(C2CCCCC2)C2CCCCC2)CC1.Cc1cc(C)c(-n2ccn(-c3c(C)cc(C)cc3C)[c]2=[Ru]([Cl])([Cl])=[CH]c2cccs2)c(C)c1. The van der Waals surface area contributed by atoms with Gasteiger partial charge in [0.1, 0.15) is 0 Å². The van der Waals surface area contributed by atoms with Gasteiger partial charge >= 0.3 is 206 Å². The fraction of sp³-hybridized carbons (Fsp3) is 0.545. The molecule has 51 heavy (non-hydrogen) atoms. The standard InChI is InChI=1S/C21H24N2.C18H33P.C5H4S.2ClH.Ru/c1-14-9-16(3)20(17(4)10-14)22-7-8-23(13-22)21-18(5)11-15(2)12-19(21)6;1-4-10-16(11-5-1)19(17-12-6-2-7-13-17)18-14-8-3-9-15-18;1-5-3-2-4-6-5;;;/h7-12H,1-6H3;16-18H,1-15H2;1-4H;2*1H;/q;;;;;+2/p-2. The normalized spacial score (nSPS) is 18.5. The van der Waals surface area contributed by atoms with Crippen molar-refractivity contribution in [3.05, 3.63) is 96.4 Å². The molecule has 3 saturated carbocycles. The van der Waals surface area contributed by atoms with E-state index in [1.165, 1.54) is 69.6 Å². The van der Waals surface area contributed by atoms with Gasteiger partial charge in [0.15, 0.2) is 0 Å². The molecule has 0 saturated heterocycles. The molecular weight excluding hydrogens is 792 g/mol. The predicted octanol–water partition coefficient (Wildman–Crippen LogP) is 14.5. The summed E-state index contributed by atoms with van der Waals surface area (Å²) in [4.78, 5) is 1.11. The average Bonchev–Trinajstić information content (AvgIpc) is 3.76. The van der Waals surface area contributed by atoms with E-state index >= 15 is 0 Å². The maximum atomic E-state index is 7.32. The van der Waals surface area contributed by atoms with Crippen LogP contribution in [0.5, 0.6) is 0 Å². The zero-order valence-corrected chi connectivity index (χ0v) is 36.9. The number of imidazole rings is 1. The summed E-state index contributed by atoms with van der Waals surface area (Å²) < 4.78 is 7.51. The second-order valence-corrected chi connectivity index (χ2v) is 29.0. The van der Waals surface area contributed by atoms with Crippen LogP contribution < -0.4 is 0 Å². The summed E-state index contributed by atoms with van der Waals surface area (Å²) in [6, 6.07) is 13.0. The number of aryl methyl sites for hydroxylation is 6. The van der Waals surface area contributed by atoms with Crippen LogP contribution in [0.3, 0.4) is 0 Å². The van der Waals surface area contributed by atoms with E-state index in [1.807, 2.05) is 6.07 Å². The Hall–Kier alpha value is -1.15. The Morgan fingerprint density at radius 2 is 0.980 bits per heavy atom. The molecule has 7 rings (SSSR count). The summed E-state index contributed by atoms with van der Waals surface area (Å²) in [5, 5.41) is 2.06. The van der Waals surface area contributed by atoms with E-state index in [1.54, 1.807) is 88.4 Å². The molecular formula is C44H61Cl2N2PRuS. The summed E-state index contributed by atoms with van der Waals surface area (Å²) >= 11 is -1.79. The van der Waals surface area contributed by atoms with Gasteiger partial charge in [-0.1, -0.05) is 65.7 Å². The van der Waals surface area contributed by atoms with Crippen molar-refractivity contribution in [2.75, 3.05) is 0 Å². The van der Waals surface area contributed by atoms with Gasteiger partial charge in [-0.3, -0.25) is 0 Å². The summed E-state index contributed by atoms with van der Waals surface area (Å²) in [6.07, 6.45) is 27.8. The first-order valence-corrected chi connectivity index (χ1v) is 28.4. The van der Waals surface area contributed by atoms with Gasteiger partial charge in [0.2, 0.25) is 0 Å². The molecule has 2 aromatic heterocycles. The van der Waals surface area contributed by atoms with Crippen LogP contribution in [0.15, 0.2) is 54.2 Å². The van der Waals surface area contributed by atoms with Gasteiger partial charge < -0.3 is 0 Å². The van der Waals surface area contributed by atoms with E-state index in [0.717, 1.165) is 20.3 Å². The van der Waals surface area contributed by atoms with Crippen molar-refractivity contribution in [1.29, 1.82) is 0 Å².